The Kier molecular flexibility index (Phi) is 12.6. The molecule has 4 aliphatic carbocycles. The van der Waals surface area contributed by atoms with E-state index in [4.69, 9.17) is 33.2 Å². The van der Waals surface area contributed by atoms with Gasteiger partial charge in [0.1, 0.15) is 67.0 Å². The van der Waals surface area contributed by atoms with Gasteiger partial charge in [0.15, 0.2) is 18.4 Å². The number of anilines is 1. The summed E-state index contributed by atoms with van der Waals surface area (Å²) < 4.78 is 56.3. The van der Waals surface area contributed by atoms with Gasteiger partial charge in [0.25, 0.3) is 0 Å². The van der Waals surface area contributed by atoms with E-state index >= 15 is 0 Å². The highest BCUT2D eigenvalue weighted by atomic mass is 19.1. The number of carbonyl (C=O) groups excluding carboxylic acids is 2. The first-order valence-electron chi connectivity index (χ1n) is 23.1. The lowest BCUT2D eigenvalue weighted by Crippen LogP contribution is -2.65. The van der Waals surface area contributed by atoms with Gasteiger partial charge in [-0.2, -0.15) is 0 Å². The molecule has 1 amide bonds. The van der Waals surface area contributed by atoms with Crippen molar-refractivity contribution in [3.63, 3.8) is 0 Å². The molecule has 4 saturated heterocycles. The second kappa shape index (κ2) is 17.4. The second-order valence-corrected chi connectivity index (χ2v) is 20.7. The average molecular weight is 892 g/mol. The van der Waals surface area contributed by atoms with Crippen LogP contribution >= 0.6 is 0 Å². The molecule has 4 aliphatic heterocycles. The third-order valence-electron chi connectivity index (χ3n) is 17.2. The van der Waals surface area contributed by atoms with Crippen LogP contribution in [0.5, 0.6) is 0 Å². The number of rotatable bonds is 8. The third kappa shape index (κ3) is 7.86. The summed E-state index contributed by atoms with van der Waals surface area (Å²) in [5.41, 5.74) is -0.512. The molecule has 0 aromatic heterocycles. The molecule has 63 heavy (non-hydrogen) atoms. The summed E-state index contributed by atoms with van der Waals surface area (Å²) in [6, 6.07) is 5.39. The second-order valence-electron chi connectivity index (χ2n) is 20.7. The SMILES string of the molecule is C[C@@H]1CC[C@@]2(OC1)OC1C[C@H]3[C@@H]4CC[C@H]5C[C@@H](O[C@@H]6O[C@H](CO)[C@@H](O[C@@H]7O[C@H](COC(=O)Nc8ccccc8F)[C@@H](O)[C@H](O)[C@H]7O)[C@H](O)[C@H]6O)CC[C@]5(C)[C@H]4C(=O)C[C@]3(C)C1[C@@H]2C. The van der Waals surface area contributed by atoms with Gasteiger partial charge in [0.05, 0.1) is 31.1 Å². The van der Waals surface area contributed by atoms with E-state index < -0.39 is 92.3 Å². The van der Waals surface area contributed by atoms with Crippen molar-refractivity contribution in [3.05, 3.63) is 30.1 Å². The van der Waals surface area contributed by atoms with Crippen LogP contribution in [0.25, 0.3) is 0 Å². The molecule has 17 heteroatoms. The van der Waals surface area contributed by atoms with Crippen LogP contribution in [-0.4, -0.2) is 142 Å². The zero-order chi connectivity index (χ0) is 44.7. The number of ether oxygens (including phenoxy) is 7. The minimum Gasteiger partial charge on any atom is -0.446 e. The van der Waals surface area contributed by atoms with Crippen molar-refractivity contribution in [2.75, 3.05) is 25.1 Å². The Bertz CT molecular complexity index is 1830. The number of Topliss-reactive ketones (excluding diaryl/α,β-unsaturated/α-hetero) is 1. The van der Waals surface area contributed by atoms with Crippen LogP contribution in [0.1, 0.15) is 85.5 Å². The Morgan fingerprint density at radius 3 is 2.33 bits per heavy atom. The van der Waals surface area contributed by atoms with E-state index in [-0.39, 0.29) is 58.3 Å². The minimum atomic E-state index is -1.87. The number of para-hydroxylation sites is 1. The number of hydrogen-bond donors (Lipinski definition) is 7. The summed E-state index contributed by atoms with van der Waals surface area (Å²) in [5, 5.41) is 67.3. The van der Waals surface area contributed by atoms with Gasteiger partial charge in [-0.05, 0) is 97.5 Å². The number of nitrogens with one attached hydrogen (secondary N) is 1. The van der Waals surface area contributed by atoms with Crippen molar-refractivity contribution in [3.8, 4) is 0 Å². The Hall–Kier alpha value is -2.39. The lowest BCUT2D eigenvalue weighted by molar-refractivity contribution is -0.364. The fraction of sp³-hybridized carbons (Fsp3) is 0.826. The monoisotopic (exact) mass is 891 g/mol. The van der Waals surface area contributed by atoms with Crippen molar-refractivity contribution < 1.29 is 77.8 Å². The Morgan fingerprint density at radius 2 is 1.60 bits per heavy atom. The summed E-state index contributed by atoms with van der Waals surface area (Å²) in [5.74, 6) is 0.955. The van der Waals surface area contributed by atoms with Crippen molar-refractivity contribution in [2.45, 2.75) is 165 Å². The zero-order valence-electron chi connectivity index (χ0n) is 36.5. The van der Waals surface area contributed by atoms with E-state index in [0.717, 1.165) is 44.6 Å². The quantitative estimate of drug-likeness (QED) is 0.186. The summed E-state index contributed by atoms with van der Waals surface area (Å²) >= 11 is 0. The maximum Gasteiger partial charge on any atom is 0.411 e. The van der Waals surface area contributed by atoms with Crippen LogP contribution in [0.4, 0.5) is 14.9 Å². The number of amides is 1. The smallest absolute Gasteiger partial charge is 0.411 e. The first-order chi connectivity index (χ1) is 30.0. The zero-order valence-corrected chi connectivity index (χ0v) is 36.5. The van der Waals surface area contributed by atoms with Crippen LogP contribution in [0.3, 0.4) is 0 Å². The predicted molar refractivity (Wildman–Crippen MR) is 218 cm³/mol. The lowest BCUT2D eigenvalue weighted by Gasteiger charge is -2.60. The fourth-order valence-corrected chi connectivity index (χ4v) is 13.9. The Morgan fingerprint density at radius 1 is 0.873 bits per heavy atom. The van der Waals surface area contributed by atoms with Gasteiger partial charge in [0, 0.05) is 24.7 Å². The molecule has 0 bridgehead atoms. The summed E-state index contributed by atoms with van der Waals surface area (Å²) in [4.78, 5) is 26.9. The molecule has 16 nitrogen and oxygen atoms in total. The summed E-state index contributed by atoms with van der Waals surface area (Å²) in [7, 11) is 0. The number of ketones is 1. The van der Waals surface area contributed by atoms with E-state index in [1.54, 1.807) is 0 Å². The first kappa shape index (κ1) is 45.8. The highest BCUT2D eigenvalue weighted by Crippen LogP contribution is 2.70. The van der Waals surface area contributed by atoms with Crippen LogP contribution in [-0.2, 0) is 38.0 Å². The number of halogens is 1. The van der Waals surface area contributed by atoms with Crippen LogP contribution in [0.15, 0.2) is 24.3 Å². The third-order valence-corrected chi connectivity index (χ3v) is 17.2. The predicted octanol–water partition coefficient (Wildman–Crippen LogP) is 3.02. The molecule has 1 aromatic carbocycles. The Labute approximate surface area is 367 Å². The Balaban J connectivity index is 0.806. The number of benzene rings is 1. The van der Waals surface area contributed by atoms with Gasteiger partial charge in [0.2, 0.25) is 0 Å². The van der Waals surface area contributed by atoms with E-state index in [9.17, 15) is 44.6 Å². The topological polar surface area (TPSA) is 232 Å². The molecule has 4 saturated carbocycles. The molecule has 352 valence electrons. The standard InChI is InChI=1S/C46H66FNO15/c1-21-11-14-46(58-19-21)22(2)33-30(63-46)16-26-25-10-9-23-15-24(12-13-44(23,3)34(25)29(50)17-45(26,33)4)59-41-39(55)37(53)40(31(18-49)60-41)62-42-38(54)36(52)35(51)32(61-42)20-57-43(56)48-28-8-6-5-7-27(28)47/h5-8,21-26,30-42,49,51-55H,9-20H2,1-4H3,(H,48,56)/t21-,22+,23+,24+,25+,26+,30?,31-,32-,33?,34-,35-,36+,37-,38-,39-,40-,41-,42+,44+,45+,46-/m1/s1. The molecule has 1 spiro atoms. The fourth-order valence-electron chi connectivity index (χ4n) is 13.9. The maximum absolute atomic E-state index is 14.6. The highest BCUT2D eigenvalue weighted by molar-refractivity contribution is 5.85. The van der Waals surface area contributed by atoms with E-state index in [2.05, 4.69) is 33.0 Å². The average Bonchev–Trinajstić information content (AvgIpc) is 3.70. The molecule has 1 aromatic rings. The van der Waals surface area contributed by atoms with Gasteiger partial charge in [-0.3, -0.25) is 10.1 Å². The van der Waals surface area contributed by atoms with E-state index in [0.29, 0.717) is 43.5 Å². The maximum atomic E-state index is 14.6. The lowest BCUT2D eigenvalue weighted by atomic mass is 9.44. The molecular weight excluding hydrogens is 825 g/mol. The van der Waals surface area contributed by atoms with Crippen molar-refractivity contribution in [2.24, 2.45) is 52.3 Å². The minimum absolute atomic E-state index is 0.0562. The summed E-state index contributed by atoms with van der Waals surface area (Å²) in [6.07, 6.45) is -10.2. The highest BCUT2D eigenvalue weighted by Gasteiger charge is 2.71. The molecule has 4 heterocycles. The van der Waals surface area contributed by atoms with Gasteiger partial charge in [-0.1, -0.05) is 39.8 Å². The van der Waals surface area contributed by atoms with Gasteiger partial charge in [-0.25, -0.2) is 9.18 Å². The molecule has 9 rings (SSSR count). The molecule has 22 atom stereocenters. The first-order valence-corrected chi connectivity index (χ1v) is 23.1. The number of aliphatic hydroxyl groups is 6. The molecule has 0 radical (unpaired) electrons. The van der Waals surface area contributed by atoms with Crippen LogP contribution in [0.2, 0.25) is 0 Å². The summed E-state index contributed by atoms with van der Waals surface area (Å²) in [6.45, 7) is 8.50. The largest absolute Gasteiger partial charge is 0.446 e. The van der Waals surface area contributed by atoms with Crippen LogP contribution in [0, 0.1) is 58.1 Å². The van der Waals surface area contributed by atoms with Gasteiger partial charge >= 0.3 is 6.09 Å². The van der Waals surface area contributed by atoms with Crippen molar-refractivity contribution >= 4 is 17.6 Å². The molecule has 8 aliphatic rings. The molecule has 8 fully saturated rings. The number of aliphatic hydroxyl groups excluding tert-OH is 6. The van der Waals surface area contributed by atoms with E-state index in [1.165, 1.54) is 18.2 Å². The molecule has 7 N–H and O–H groups in total. The van der Waals surface area contributed by atoms with Crippen molar-refractivity contribution in [1.82, 2.24) is 0 Å². The number of carbonyl (C=O) groups is 2. The van der Waals surface area contributed by atoms with Gasteiger partial charge in [-0.15, -0.1) is 0 Å². The van der Waals surface area contributed by atoms with E-state index in [1.807, 2.05) is 0 Å². The molecule has 2 unspecified atom stereocenters. The van der Waals surface area contributed by atoms with Crippen LogP contribution < -0.4 is 5.32 Å². The molecular formula is C46H66FNO15. The van der Waals surface area contributed by atoms with Crippen molar-refractivity contribution in [1.29, 1.82) is 0 Å². The van der Waals surface area contributed by atoms with Gasteiger partial charge < -0.3 is 63.8 Å². The normalized spacial score (nSPS) is 50.6. The number of hydrogen-bond acceptors (Lipinski definition) is 15. The number of fused-ring (bicyclic) bond motifs is 7.